The van der Waals surface area contributed by atoms with Crippen LogP contribution in [0.1, 0.15) is 5.56 Å². The highest BCUT2D eigenvalue weighted by Gasteiger charge is 2.22. The highest BCUT2D eigenvalue weighted by Crippen LogP contribution is 2.19. The van der Waals surface area contributed by atoms with Crippen molar-refractivity contribution in [3.05, 3.63) is 28.8 Å². The Bertz CT molecular complexity index is 560. The molecule has 2 rings (SSSR count). The molecule has 0 radical (unpaired) electrons. The van der Waals surface area contributed by atoms with E-state index in [-0.39, 0.29) is 12.1 Å². The van der Waals surface area contributed by atoms with Gasteiger partial charge in [-0.3, -0.25) is 4.90 Å². The molecule has 1 fully saturated rings. The monoisotopic (exact) mass is 354 g/mol. The van der Waals surface area contributed by atoms with Gasteiger partial charge < -0.3 is 20.2 Å². The lowest BCUT2D eigenvalue weighted by molar-refractivity contribution is 0.0677. The maximum atomic E-state index is 12.3. The molecule has 0 spiro atoms. The van der Waals surface area contributed by atoms with Gasteiger partial charge in [-0.15, -0.1) is 0 Å². The Hall–Kier alpha value is -1.34. The van der Waals surface area contributed by atoms with Crippen LogP contribution in [0.25, 0.3) is 0 Å². The minimum atomic E-state index is -0.364. The number of β-amino-alcohol motifs (C(OH)–C–C–N with tert-alkyl or cyclic N) is 1. The number of amides is 2. The van der Waals surface area contributed by atoms with Crippen LogP contribution in [-0.4, -0.2) is 85.3 Å². The molecule has 1 heterocycles. The fraction of sp³-hybridized carbons (Fsp3) is 0.588. The highest BCUT2D eigenvalue weighted by molar-refractivity contribution is 6.31. The minimum Gasteiger partial charge on any atom is -0.390 e. The number of aliphatic hydroxyl groups is 1. The third-order valence-electron chi connectivity index (χ3n) is 4.11. The number of rotatable bonds is 5. The van der Waals surface area contributed by atoms with Gasteiger partial charge >= 0.3 is 6.03 Å². The SMILES string of the molecule is Cc1cc(NC(=O)N2CCN(CC(O)CN(C)C)CC2)ccc1Cl. The molecule has 1 aromatic rings. The third-order valence-corrected chi connectivity index (χ3v) is 4.54. The van der Waals surface area contributed by atoms with Crippen LogP contribution >= 0.6 is 11.6 Å². The molecule has 1 aromatic carbocycles. The van der Waals surface area contributed by atoms with Gasteiger partial charge in [-0.05, 0) is 44.8 Å². The average molecular weight is 355 g/mol. The van der Waals surface area contributed by atoms with Crippen molar-refractivity contribution in [2.75, 3.05) is 58.7 Å². The quantitative estimate of drug-likeness (QED) is 0.845. The smallest absolute Gasteiger partial charge is 0.321 e. The first kappa shape index (κ1) is 19.0. The first-order valence-electron chi connectivity index (χ1n) is 8.22. The number of hydrogen-bond donors (Lipinski definition) is 2. The normalized spacial score (nSPS) is 17.2. The Morgan fingerprint density at radius 2 is 2.00 bits per heavy atom. The summed E-state index contributed by atoms with van der Waals surface area (Å²) in [6, 6.07) is 5.37. The summed E-state index contributed by atoms with van der Waals surface area (Å²) in [4.78, 5) is 18.3. The van der Waals surface area contributed by atoms with Crippen LogP contribution in [-0.2, 0) is 0 Å². The van der Waals surface area contributed by atoms with Crippen molar-refractivity contribution in [2.45, 2.75) is 13.0 Å². The molecule has 0 aromatic heterocycles. The van der Waals surface area contributed by atoms with E-state index in [1.165, 1.54) is 0 Å². The molecule has 0 aliphatic carbocycles. The number of halogens is 1. The zero-order valence-corrected chi connectivity index (χ0v) is 15.4. The maximum absolute atomic E-state index is 12.3. The number of benzene rings is 1. The van der Waals surface area contributed by atoms with E-state index in [1.54, 1.807) is 17.0 Å². The summed E-state index contributed by atoms with van der Waals surface area (Å²) in [5.41, 5.74) is 1.69. The summed E-state index contributed by atoms with van der Waals surface area (Å²) in [7, 11) is 3.90. The van der Waals surface area contributed by atoms with Crippen molar-refractivity contribution in [1.82, 2.24) is 14.7 Å². The second kappa shape index (κ2) is 8.67. The van der Waals surface area contributed by atoms with Crippen LogP contribution in [0.2, 0.25) is 5.02 Å². The van der Waals surface area contributed by atoms with Gasteiger partial charge in [-0.2, -0.15) is 0 Å². The van der Waals surface area contributed by atoms with Crippen LogP contribution in [0.5, 0.6) is 0 Å². The van der Waals surface area contributed by atoms with Crippen LogP contribution in [0.3, 0.4) is 0 Å². The van der Waals surface area contributed by atoms with Gasteiger partial charge in [0.2, 0.25) is 0 Å². The molecule has 0 saturated carbocycles. The van der Waals surface area contributed by atoms with Crippen molar-refractivity contribution in [3.8, 4) is 0 Å². The zero-order chi connectivity index (χ0) is 17.7. The molecule has 1 aliphatic rings. The van der Waals surface area contributed by atoms with Crippen molar-refractivity contribution in [1.29, 1.82) is 0 Å². The minimum absolute atomic E-state index is 0.0924. The van der Waals surface area contributed by atoms with Crippen LogP contribution in [0, 0.1) is 6.92 Å². The number of urea groups is 1. The maximum Gasteiger partial charge on any atom is 0.321 e. The van der Waals surface area contributed by atoms with Gasteiger partial charge in [-0.1, -0.05) is 11.6 Å². The van der Waals surface area contributed by atoms with E-state index in [1.807, 2.05) is 32.0 Å². The first-order chi connectivity index (χ1) is 11.3. The molecular weight excluding hydrogens is 328 g/mol. The zero-order valence-electron chi connectivity index (χ0n) is 14.6. The van der Waals surface area contributed by atoms with Gasteiger partial charge in [-0.25, -0.2) is 4.79 Å². The number of carbonyl (C=O) groups excluding carboxylic acids is 1. The molecule has 1 aliphatic heterocycles. The molecule has 2 N–H and O–H groups in total. The molecule has 6 nitrogen and oxygen atoms in total. The van der Waals surface area contributed by atoms with Crippen LogP contribution < -0.4 is 5.32 Å². The number of aliphatic hydroxyl groups excluding tert-OH is 1. The summed E-state index contributed by atoms with van der Waals surface area (Å²) in [6.07, 6.45) is -0.364. The molecule has 134 valence electrons. The summed E-state index contributed by atoms with van der Waals surface area (Å²) >= 11 is 6.00. The topological polar surface area (TPSA) is 59.1 Å². The average Bonchev–Trinajstić information content (AvgIpc) is 2.50. The lowest BCUT2D eigenvalue weighted by atomic mass is 10.2. The van der Waals surface area contributed by atoms with Gasteiger partial charge in [0.25, 0.3) is 0 Å². The molecule has 1 saturated heterocycles. The predicted octanol–water partition coefficient (Wildman–Crippen LogP) is 1.72. The number of anilines is 1. The Kier molecular flexibility index (Phi) is 6.86. The Labute approximate surface area is 149 Å². The third kappa shape index (κ3) is 5.63. The van der Waals surface area contributed by atoms with E-state index in [4.69, 9.17) is 11.6 Å². The molecular formula is C17H27ClN4O2. The summed E-state index contributed by atoms with van der Waals surface area (Å²) in [5, 5.41) is 13.6. The molecule has 0 bridgehead atoms. The van der Waals surface area contributed by atoms with E-state index >= 15 is 0 Å². The second-order valence-corrected chi connectivity index (χ2v) is 7.01. The van der Waals surface area contributed by atoms with Crippen molar-refractivity contribution >= 4 is 23.3 Å². The Morgan fingerprint density at radius 1 is 1.33 bits per heavy atom. The standard InChI is InChI=1S/C17H27ClN4O2/c1-13-10-14(4-5-16(13)18)19-17(24)22-8-6-21(7-9-22)12-15(23)11-20(2)3/h4-5,10,15,23H,6-9,11-12H2,1-3H3,(H,19,24). The van der Waals surface area contributed by atoms with Crippen LogP contribution in [0.4, 0.5) is 10.5 Å². The van der Waals surface area contributed by atoms with Gasteiger partial charge in [0.1, 0.15) is 0 Å². The van der Waals surface area contributed by atoms with E-state index < -0.39 is 0 Å². The number of carbonyl (C=O) groups is 1. The largest absolute Gasteiger partial charge is 0.390 e. The van der Waals surface area contributed by atoms with Crippen molar-refractivity contribution in [2.24, 2.45) is 0 Å². The van der Waals surface area contributed by atoms with E-state index in [9.17, 15) is 9.90 Å². The molecule has 24 heavy (non-hydrogen) atoms. The predicted molar refractivity (Wildman–Crippen MR) is 97.8 cm³/mol. The lowest BCUT2D eigenvalue weighted by Gasteiger charge is -2.35. The summed E-state index contributed by atoms with van der Waals surface area (Å²) in [5.74, 6) is 0. The molecule has 7 heteroatoms. The van der Waals surface area contributed by atoms with Gasteiger partial charge in [0, 0.05) is 50.0 Å². The highest BCUT2D eigenvalue weighted by atomic mass is 35.5. The second-order valence-electron chi connectivity index (χ2n) is 6.60. The van der Waals surface area contributed by atoms with E-state index in [0.717, 1.165) is 24.3 Å². The summed E-state index contributed by atoms with van der Waals surface area (Å²) < 4.78 is 0. The fourth-order valence-corrected chi connectivity index (χ4v) is 2.95. The number of nitrogens with zero attached hydrogens (tertiary/aromatic N) is 3. The number of piperazine rings is 1. The molecule has 1 atom stereocenters. The van der Waals surface area contributed by atoms with Crippen molar-refractivity contribution in [3.63, 3.8) is 0 Å². The Balaban J connectivity index is 1.79. The Morgan fingerprint density at radius 3 is 2.58 bits per heavy atom. The molecule has 1 unspecified atom stereocenters. The van der Waals surface area contributed by atoms with Gasteiger partial charge in [0.15, 0.2) is 0 Å². The molecule has 2 amide bonds. The number of hydrogen-bond acceptors (Lipinski definition) is 4. The number of aryl methyl sites for hydroxylation is 1. The fourth-order valence-electron chi connectivity index (χ4n) is 2.84. The van der Waals surface area contributed by atoms with Gasteiger partial charge in [0.05, 0.1) is 6.10 Å². The van der Waals surface area contributed by atoms with E-state index in [0.29, 0.717) is 31.2 Å². The lowest BCUT2D eigenvalue weighted by Crippen LogP contribution is -2.52. The summed E-state index contributed by atoms with van der Waals surface area (Å²) in [6.45, 7) is 6.08. The number of likely N-dealkylation sites (N-methyl/N-ethyl adjacent to an activating group) is 1. The first-order valence-corrected chi connectivity index (χ1v) is 8.60. The van der Waals surface area contributed by atoms with Crippen molar-refractivity contribution < 1.29 is 9.90 Å². The van der Waals surface area contributed by atoms with Crippen LogP contribution in [0.15, 0.2) is 18.2 Å². The number of nitrogens with one attached hydrogen (secondary N) is 1. The van der Waals surface area contributed by atoms with E-state index in [2.05, 4.69) is 10.2 Å².